The van der Waals surface area contributed by atoms with Crippen LogP contribution in [0.15, 0.2) is 48.8 Å². The summed E-state index contributed by atoms with van der Waals surface area (Å²) in [7, 11) is 0. The van der Waals surface area contributed by atoms with Gasteiger partial charge in [0.05, 0.1) is 12.5 Å². The summed E-state index contributed by atoms with van der Waals surface area (Å²) in [6, 6.07) is 11.6. The molecule has 2 atom stereocenters. The summed E-state index contributed by atoms with van der Waals surface area (Å²) >= 11 is 0. The number of fused-ring (bicyclic) bond motifs is 2. The van der Waals surface area contributed by atoms with Gasteiger partial charge in [-0.15, -0.1) is 0 Å². The fourth-order valence-corrected chi connectivity index (χ4v) is 3.12. The third kappa shape index (κ3) is 2.44. The van der Waals surface area contributed by atoms with Crippen molar-refractivity contribution in [1.29, 1.82) is 0 Å². The average molecular weight is 307 g/mol. The minimum absolute atomic E-state index is 0.0214. The Morgan fingerprint density at radius 2 is 2.17 bits per heavy atom. The van der Waals surface area contributed by atoms with Crippen LogP contribution in [-0.2, 0) is 11.2 Å². The molecule has 0 radical (unpaired) electrons. The van der Waals surface area contributed by atoms with Gasteiger partial charge >= 0.3 is 0 Å². The lowest BCUT2D eigenvalue weighted by Crippen LogP contribution is -2.34. The number of rotatable bonds is 3. The minimum atomic E-state index is -0.109. The summed E-state index contributed by atoms with van der Waals surface area (Å²) < 4.78 is 5.79. The van der Waals surface area contributed by atoms with Crippen molar-refractivity contribution in [2.24, 2.45) is 0 Å². The number of hydrogen-bond donors (Lipinski definition) is 2. The van der Waals surface area contributed by atoms with E-state index in [1.54, 1.807) is 6.20 Å². The van der Waals surface area contributed by atoms with E-state index in [1.165, 1.54) is 0 Å². The topological polar surface area (TPSA) is 67.0 Å². The van der Waals surface area contributed by atoms with Crippen LogP contribution < -0.4 is 10.1 Å². The second-order valence-electron chi connectivity index (χ2n) is 5.80. The maximum Gasteiger partial charge on any atom is 0.225 e. The van der Waals surface area contributed by atoms with Crippen molar-refractivity contribution in [2.75, 3.05) is 0 Å². The SMILES string of the molecule is CC1Oc2ccccc2C1NC(=O)Cc1c[nH]c2ncccc12. The molecule has 116 valence electrons. The van der Waals surface area contributed by atoms with Gasteiger partial charge in [0.2, 0.25) is 5.91 Å². The largest absolute Gasteiger partial charge is 0.488 e. The predicted octanol–water partition coefficient (Wildman–Crippen LogP) is 2.74. The van der Waals surface area contributed by atoms with Crippen LogP contribution >= 0.6 is 0 Å². The highest BCUT2D eigenvalue weighted by Gasteiger charge is 2.32. The van der Waals surface area contributed by atoms with E-state index < -0.39 is 0 Å². The van der Waals surface area contributed by atoms with Gasteiger partial charge in [-0.25, -0.2) is 4.98 Å². The van der Waals surface area contributed by atoms with Crippen LogP contribution in [0.2, 0.25) is 0 Å². The van der Waals surface area contributed by atoms with Crippen LogP contribution in [-0.4, -0.2) is 22.0 Å². The molecule has 0 fully saturated rings. The lowest BCUT2D eigenvalue weighted by atomic mass is 10.0. The number of nitrogens with zero attached hydrogens (tertiary/aromatic N) is 1. The Bertz CT molecular complexity index is 871. The van der Waals surface area contributed by atoms with Crippen molar-refractivity contribution in [2.45, 2.75) is 25.5 Å². The van der Waals surface area contributed by atoms with Crippen LogP contribution in [0.1, 0.15) is 24.1 Å². The van der Waals surface area contributed by atoms with E-state index in [0.717, 1.165) is 27.9 Å². The highest BCUT2D eigenvalue weighted by molar-refractivity contribution is 5.87. The molecule has 1 amide bonds. The molecule has 0 bridgehead atoms. The maximum atomic E-state index is 12.5. The Kier molecular flexibility index (Phi) is 3.26. The van der Waals surface area contributed by atoms with Crippen LogP contribution in [0.4, 0.5) is 0 Å². The fourth-order valence-electron chi connectivity index (χ4n) is 3.12. The van der Waals surface area contributed by atoms with Gasteiger partial charge in [0, 0.05) is 23.3 Å². The summed E-state index contributed by atoms with van der Waals surface area (Å²) in [4.78, 5) is 19.8. The Hall–Kier alpha value is -2.82. The number of amides is 1. The molecule has 1 aromatic carbocycles. The van der Waals surface area contributed by atoms with Crippen LogP contribution in [0.3, 0.4) is 0 Å². The van der Waals surface area contributed by atoms with Gasteiger partial charge in [0.1, 0.15) is 17.5 Å². The lowest BCUT2D eigenvalue weighted by molar-refractivity contribution is -0.121. The number of aromatic nitrogens is 2. The molecule has 2 N–H and O–H groups in total. The van der Waals surface area contributed by atoms with Crippen molar-refractivity contribution in [3.05, 3.63) is 59.9 Å². The molecular formula is C18H17N3O2. The number of H-pyrrole nitrogens is 1. The molecule has 3 heterocycles. The van der Waals surface area contributed by atoms with Crippen molar-refractivity contribution in [1.82, 2.24) is 15.3 Å². The number of carbonyl (C=O) groups is 1. The molecule has 0 aliphatic carbocycles. The van der Waals surface area contributed by atoms with E-state index in [2.05, 4.69) is 15.3 Å². The number of carbonyl (C=O) groups excluding carboxylic acids is 1. The molecule has 23 heavy (non-hydrogen) atoms. The van der Waals surface area contributed by atoms with Gasteiger partial charge in [-0.3, -0.25) is 4.79 Å². The Morgan fingerprint density at radius 3 is 3.09 bits per heavy atom. The Labute approximate surface area is 133 Å². The summed E-state index contributed by atoms with van der Waals surface area (Å²) in [5.41, 5.74) is 2.79. The molecule has 5 nitrogen and oxygen atoms in total. The van der Waals surface area contributed by atoms with E-state index in [1.807, 2.05) is 49.5 Å². The van der Waals surface area contributed by atoms with Crippen LogP contribution in [0.25, 0.3) is 11.0 Å². The zero-order chi connectivity index (χ0) is 15.8. The normalized spacial score (nSPS) is 19.3. The molecule has 0 saturated heterocycles. The second kappa shape index (κ2) is 5.43. The highest BCUT2D eigenvalue weighted by Crippen LogP contribution is 2.36. The minimum Gasteiger partial charge on any atom is -0.488 e. The third-order valence-corrected chi connectivity index (χ3v) is 4.24. The second-order valence-corrected chi connectivity index (χ2v) is 5.80. The van der Waals surface area contributed by atoms with Crippen molar-refractivity contribution < 1.29 is 9.53 Å². The summed E-state index contributed by atoms with van der Waals surface area (Å²) in [5.74, 6) is 0.827. The zero-order valence-corrected chi connectivity index (χ0v) is 12.7. The number of nitrogens with one attached hydrogen (secondary N) is 2. The van der Waals surface area contributed by atoms with Crippen LogP contribution in [0.5, 0.6) is 5.75 Å². The molecule has 1 aliphatic rings. The van der Waals surface area contributed by atoms with Gasteiger partial charge in [-0.1, -0.05) is 18.2 Å². The average Bonchev–Trinajstić information content (AvgIpc) is 3.10. The first-order valence-corrected chi connectivity index (χ1v) is 7.68. The Morgan fingerprint density at radius 1 is 1.30 bits per heavy atom. The molecule has 0 spiro atoms. The third-order valence-electron chi connectivity index (χ3n) is 4.24. The van der Waals surface area contributed by atoms with Crippen molar-refractivity contribution >= 4 is 16.9 Å². The summed E-state index contributed by atoms with van der Waals surface area (Å²) in [6.07, 6.45) is 3.83. The summed E-state index contributed by atoms with van der Waals surface area (Å²) in [6.45, 7) is 1.97. The first kappa shape index (κ1) is 13.8. The first-order valence-electron chi connectivity index (χ1n) is 7.68. The molecule has 4 rings (SSSR count). The smallest absolute Gasteiger partial charge is 0.225 e. The van der Waals surface area contributed by atoms with Crippen molar-refractivity contribution in [3.8, 4) is 5.75 Å². The first-order chi connectivity index (χ1) is 11.2. The number of benzene rings is 1. The monoisotopic (exact) mass is 307 g/mol. The van der Waals surface area contributed by atoms with Gasteiger partial charge in [0.15, 0.2) is 0 Å². The quantitative estimate of drug-likeness (QED) is 0.782. The highest BCUT2D eigenvalue weighted by atomic mass is 16.5. The van der Waals surface area contributed by atoms with Gasteiger partial charge in [0.25, 0.3) is 0 Å². The number of aromatic amines is 1. The lowest BCUT2D eigenvalue weighted by Gasteiger charge is -2.16. The summed E-state index contributed by atoms with van der Waals surface area (Å²) in [5, 5.41) is 4.07. The molecule has 2 unspecified atom stereocenters. The molecule has 3 aromatic rings. The number of para-hydroxylation sites is 1. The molecule has 2 aromatic heterocycles. The van der Waals surface area contributed by atoms with E-state index in [0.29, 0.717) is 6.42 Å². The predicted molar refractivity (Wildman–Crippen MR) is 87.2 cm³/mol. The van der Waals surface area contributed by atoms with E-state index >= 15 is 0 Å². The van der Waals surface area contributed by atoms with Gasteiger partial charge in [-0.2, -0.15) is 0 Å². The Balaban J connectivity index is 1.52. The number of pyridine rings is 1. The maximum absolute atomic E-state index is 12.5. The number of hydrogen-bond acceptors (Lipinski definition) is 3. The number of ether oxygens (including phenoxy) is 1. The van der Waals surface area contributed by atoms with E-state index in [9.17, 15) is 4.79 Å². The fraction of sp³-hybridized carbons (Fsp3) is 0.222. The van der Waals surface area contributed by atoms with Crippen LogP contribution in [0, 0.1) is 0 Å². The molecule has 0 saturated carbocycles. The molecular weight excluding hydrogens is 290 g/mol. The zero-order valence-electron chi connectivity index (χ0n) is 12.7. The van der Waals surface area contributed by atoms with Crippen molar-refractivity contribution in [3.63, 3.8) is 0 Å². The van der Waals surface area contributed by atoms with Gasteiger partial charge < -0.3 is 15.0 Å². The standard InChI is InChI=1S/C18H17N3O2/c1-11-17(14-5-2-3-7-15(14)23-11)21-16(22)9-12-10-20-18-13(12)6-4-8-19-18/h2-8,10-11,17H,9H2,1H3,(H,19,20)(H,21,22). The van der Waals surface area contributed by atoms with E-state index in [4.69, 9.17) is 4.74 Å². The molecule has 1 aliphatic heterocycles. The molecule has 5 heteroatoms. The van der Waals surface area contributed by atoms with Gasteiger partial charge in [-0.05, 0) is 30.7 Å². The van der Waals surface area contributed by atoms with E-state index in [-0.39, 0.29) is 18.1 Å².